The molecule has 0 spiro atoms. The summed E-state index contributed by atoms with van der Waals surface area (Å²) < 4.78 is 15.3. The van der Waals surface area contributed by atoms with E-state index in [0.717, 1.165) is 11.3 Å². The van der Waals surface area contributed by atoms with Crippen LogP contribution in [-0.4, -0.2) is 17.7 Å². The van der Waals surface area contributed by atoms with Gasteiger partial charge in [-0.05, 0) is 17.7 Å². The third-order valence-corrected chi connectivity index (χ3v) is 2.75. The van der Waals surface area contributed by atoms with Crippen LogP contribution in [-0.2, 0) is 17.8 Å². The summed E-state index contributed by atoms with van der Waals surface area (Å²) in [5.74, 6) is 1.34. The number of amides is 1. The maximum atomic E-state index is 11.7. The van der Waals surface area contributed by atoms with Crippen LogP contribution in [0.4, 0.5) is 0 Å². The van der Waals surface area contributed by atoms with Crippen LogP contribution in [0.15, 0.2) is 35.3 Å². The number of ether oxygens (including phenoxy) is 2. The Hall–Kier alpha value is -2.50. The van der Waals surface area contributed by atoms with Crippen LogP contribution in [0, 0.1) is 0 Å². The molecule has 1 aliphatic rings. The summed E-state index contributed by atoms with van der Waals surface area (Å²) in [6, 6.07) is 5.59. The van der Waals surface area contributed by atoms with Gasteiger partial charge in [-0.2, -0.15) is 0 Å². The fourth-order valence-corrected chi connectivity index (χ4v) is 1.80. The van der Waals surface area contributed by atoms with Crippen LogP contribution in [0.5, 0.6) is 11.5 Å². The maximum Gasteiger partial charge on any atom is 0.231 e. The van der Waals surface area contributed by atoms with Crippen LogP contribution < -0.4 is 14.8 Å². The van der Waals surface area contributed by atoms with E-state index in [-0.39, 0.29) is 19.1 Å². The summed E-state index contributed by atoms with van der Waals surface area (Å²) in [5.41, 5.74) is 1.57. The number of hydrogen-bond acceptors (Lipinski definition) is 5. The molecule has 6 nitrogen and oxygen atoms in total. The van der Waals surface area contributed by atoms with Gasteiger partial charge in [-0.1, -0.05) is 6.07 Å². The molecular formula is C13H12N2O4. The minimum absolute atomic E-state index is 0.105. The van der Waals surface area contributed by atoms with Gasteiger partial charge in [0.05, 0.1) is 12.1 Å². The molecule has 1 N–H and O–H groups in total. The fourth-order valence-electron chi connectivity index (χ4n) is 1.80. The zero-order chi connectivity index (χ0) is 13.1. The smallest absolute Gasteiger partial charge is 0.231 e. The molecule has 0 atom stereocenters. The number of nitrogens with zero attached hydrogens (tertiary/aromatic N) is 1. The lowest BCUT2D eigenvalue weighted by Gasteiger charge is -2.05. The molecule has 0 saturated carbocycles. The van der Waals surface area contributed by atoms with E-state index in [9.17, 15) is 4.79 Å². The predicted molar refractivity (Wildman–Crippen MR) is 64.6 cm³/mol. The van der Waals surface area contributed by atoms with Crippen molar-refractivity contribution >= 4 is 5.91 Å². The number of nitrogens with one attached hydrogen (secondary N) is 1. The van der Waals surface area contributed by atoms with Gasteiger partial charge in [-0.3, -0.25) is 4.79 Å². The average molecular weight is 260 g/mol. The van der Waals surface area contributed by atoms with Gasteiger partial charge in [-0.15, -0.1) is 0 Å². The number of carbonyl (C=O) groups excluding carboxylic acids is 1. The van der Waals surface area contributed by atoms with Crippen molar-refractivity contribution in [1.29, 1.82) is 0 Å². The average Bonchev–Trinajstić information content (AvgIpc) is 3.06. The number of fused-ring (bicyclic) bond motifs is 1. The fraction of sp³-hybridized carbons (Fsp3) is 0.231. The second-order valence-electron chi connectivity index (χ2n) is 4.12. The first-order valence-corrected chi connectivity index (χ1v) is 5.83. The summed E-state index contributed by atoms with van der Waals surface area (Å²) in [6.45, 7) is 0.685. The number of benzene rings is 1. The third kappa shape index (κ3) is 2.67. The topological polar surface area (TPSA) is 73.6 Å². The first-order valence-electron chi connectivity index (χ1n) is 5.83. The lowest BCUT2D eigenvalue weighted by atomic mass is 10.2. The monoisotopic (exact) mass is 260 g/mol. The van der Waals surface area contributed by atoms with Gasteiger partial charge >= 0.3 is 0 Å². The third-order valence-electron chi connectivity index (χ3n) is 2.75. The standard InChI is InChI=1S/C13H12N2O4/c16-13(4-10-6-17-7-15-10)14-5-9-1-2-11-12(3-9)19-8-18-11/h1-3,6-7H,4-5,8H2,(H,14,16). The van der Waals surface area contributed by atoms with Crippen molar-refractivity contribution in [2.24, 2.45) is 0 Å². The number of carbonyl (C=O) groups is 1. The summed E-state index contributed by atoms with van der Waals surface area (Å²) in [6.07, 6.45) is 2.97. The van der Waals surface area contributed by atoms with Crippen molar-refractivity contribution in [3.8, 4) is 11.5 Å². The zero-order valence-electron chi connectivity index (χ0n) is 10.1. The highest BCUT2D eigenvalue weighted by Crippen LogP contribution is 2.32. The minimum atomic E-state index is -0.105. The maximum absolute atomic E-state index is 11.7. The molecule has 3 rings (SSSR count). The minimum Gasteiger partial charge on any atom is -0.454 e. The van der Waals surface area contributed by atoms with Crippen LogP contribution in [0.3, 0.4) is 0 Å². The molecule has 2 heterocycles. The Morgan fingerprint density at radius 3 is 3.05 bits per heavy atom. The highest BCUT2D eigenvalue weighted by molar-refractivity contribution is 5.77. The second kappa shape index (κ2) is 5.01. The van der Waals surface area contributed by atoms with Crippen molar-refractivity contribution in [2.45, 2.75) is 13.0 Å². The Morgan fingerprint density at radius 1 is 1.32 bits per heavy atom. The van der Waals surface area contributed by atoms with E-state index in [1.165, 1.54) is 12.7 Å². The second-order valence-corrected chi connectivity index (χ2v) is 4.12. The molecule has 0 fully saturated rings. The van der Waals surface area contributed by atoms with Crippen LogP contribution >= 0.6 is 0 Å². The van der Waals surface area contributed by atoms with Crippen molar-refractivity contribution in [3.05, 3.63) is 42.1 Å². The van der Waals surface area contributed by atoms with Gasteiger partial charge < -0.3 is 19.2 Å². The van der Waals surface area contributed by atoms with Gasteiger partial charge in [0.25, 0.3) is 0 Å². The van der Waals surface area contributed by atoms with E-state index in [4.69, 9.17) is 13.9 Å². The lowest BCUT2D eigenvalue weighted by molar-refractivity contribution is -0.120. The summed E-state index contributed by atoms with van der Waals surface area (Å²) in [7, 11) is 0. The molecule has 1 aromatic carbocycles. The molecule has 0 bridgehead atoms. The van der Waals surface area contributed by atoms with E-state index in [0.29, 0.717) is 18.0 Å². The van der Waals surface area contributed by atoms with Gasteiger partial charge in [0.15, 0.2) is 17.9 Å². The van der Waals surface area contributed by atoms with Gasteiger partial charge in [0, 0.05) is 6.54 Å². The highest BCUT2D eigenvalue weighted by atomic mass is 16.7. The first-order chi connectivity index (χ1) is 9.31. The van der Waals surface area contributed by atoms with Gasteiger partial charge in [-0.25, -0.2) is 4.98 Å². The molecule has 6 heteroatoms. The molecule has 0 unspecified atom stereocenters. The molecule has 1 aliphatic heterocycles. The summed E-state index contributed by atoms with van der Waals surface area (Å²) >= 11 is 0. The Balaban J connectivity index is 1.56. The van der Waals surface area contributed by atoms with Crippen LogP contribution in [0.2, 0.25) is 0 Å². The van der Waals surface area contributed by atoms with E-state index < -0.39 is 0 Å². The molecule has 19 heavy (non-hydrogen) atoms. The number of oxazole rings is 1. The van der Waals surface area contributed by atoms with Crippen molar-refractivity contribution in [3.63, 3.8) is 0 Å². The number of hydrogen-bond donors (Lipinski definition) is 1. The van der Waals surface area contributed by atoms with E-state index in [1.54, 1.807) is 0 Å². The highest BCUT2D eigenvalue weighted by Gasteiger charge is 2.13. The summed E-state index contributed by atoms with van der Waals surface area (Å²) in [4.78, 5) is 15.6. The van der Waals surface area contributed by atoms with Crippen molar-refractivity contribution in [2.75, 3.05) is 6.79 Å². The quantitative estimate of drug-likeness (QED) is 0.895. The molecule has 2 aromatic rings. The predicted octanol–water partition coefficient (Wildman–Crippen LogP) is 1.26. The Morgan fingerprint density at radius 2 is 2.21 bits per heavy atom. The molecule has 0 saturated heterocycles. The lowest BCUT2D eigenvalue weighted by Crippen LogP contribution is -2.24. The van der Waals surface area contributed by atoms with Crippen molar-refractivity contribution < 1.29 is 18.7 Å². The van der Waals surface area contributed by atoms with Gasteiger partial charge in [0.2, 0.25) is 12.7 Å². The number of aromatic nitrogens is 1. The molecule has 0 aliphatic carbocycles. The molecule has 98 valence electrons. The molecular weight excluding hydrogens is 248 g/mol. The van der Waals surface area contributed by atoms with Crippen LogP contribution in [0.25, 0.3) is 0 Å². The van der Waals surface area contributed by atoms with E-state index in [1.807, 2.05) is 18.2 Å². The van der Waals surface area contributed by atoms with E-state index >= 15 is 0 Å². The molecule has 1 amide bonds. The van der Waals surface area contributed by atoms with Crippen molar-refractivity contribution in [1.82, 2.24) is 10.3 Å². The van der Waals surface area contributed by atoms with E-state index in [2.05, 4.69) is 10.3 Å². The van der Waals surface area contributed by atoms with Gasteiger partial charge in [0.1, 0.15) is 6.26 Å². The largest absolute Gasteiger partial charge is 0.454 e. The first kappa shape index (κ1) is 11.6. The van der Waals surface area contributed by atoms with Crippen LogP contribution in [0.1, 0.15) is 11.3 Å². The Kier molecular flexibility index (Phi) is 3.06. The Labute approximate surface area is 109 Å². The molecule has 0 radical (unpaired) electrons. The summed E-state index contributed by atoms with van der Waals surface area (Å²) in [5, 5.41) is 2.81. The zero-order valence-corrected chi connectivity index (χ0v) is 10.1. The number of rotatable bonds is 4. The molecule has 1 aromatic heterocycles. The normalized spacial score (nSPS) is 12.4. The Bertz CT molecular complexity index is 580. The SMILES string of the molecule is O=C(Cc1cocn1)NCc1ccc2c(c1)OCO2.